The molecule has 2 N–H and O–H groups in total. The van der Waals surface area contributed by atoms with Crippen LogP contribution in [0, 0.1) is 0 Å². The SMILES string of the molecule is OCCCc1cc(Br)cc(C(F)(F)F)c1O. The molecule has 16 heavy (non-hydrogen) atoms. The molecule has 0 radical (unpaired) electrons. The average molecular weight is 299 g/mol. The van der Waals surface area contributed by atoms with Crippen LogP contribution in [-0.2, 0) is 12.6 Å². The van der Waals surface area contributed by atoms with E-state index >= 15 is 0 Å². The van der Waals surface area contributed by atoms with Crippen LogP contribution in [0.5, 0.6) is 5.75 Å². The molecule has 0 heterocycles. The monoisotopic (exact) mass is 298 g/mol. The molecule has 1 aromatic carbocycles. The van der Waals surface area contributed by atoms with Gasteiger partial charge in [0.05, 0.1) is 5.56 Å². The predicted molar refractivity (Wildman–Crippen MR) is 56.2 cm³/mol. The van der Waals surface area contributed by atoms with Gasteiger partial charge in [0.1, 0.15) is 5.75 Å². The lowest BCUT2D eigenvalue weighted by Crippen LogP contribution is -2.07. The minimum absolute atomic E-state index is 0.132. The Morgan fingerprint density at radius 1 is 1.25 bits per heavy atom. The minimum atomic E-state index is -4.58. The molecule has 0 unspecified atom stereocenters. The fraction of sp³-hybridized carbons (Fsp3) is 0.400. The van der Waals surface area contributed by atoms with E-state index in [1.165, 1.54) is 6.07 Å². The summed E-state index contributed by atoms with van der Waals surface area (Å²) in [6.07, 6.45) is -4.08. The molecule has 0 spiro atoms. The number of benzene rings is 1. The normalized spacial score (nSPS) is 11.8. The van der Waals surface area contributed by atoms with Crippen LogP contribution in [0.2, 0.25) is 0 Å². The fourth-order valence-electron chi connectivity index (χ4n) is 1.33. The zero-order valence-corrected chi connectivity index (χ0v) is 9.77. The summed E-state index contributed by atoms with van der Waals surface area (Å²) < 4.78 is 37.8. The first-order valence-electron chi connectivity index (χ1n) is 4.55. The number of halogens is 4. The van der Waals surface area contributed by atoms with Gasteiger partial charge in [-0.1, -0.05) is 15.9 Å². The third kappa shape index (κ3) is 3.12. The summed E-state index contributed by atoms with van der Waals surface area (Å²) in [5.74, 6) is -0.760. The number of hydrogen-bond acceptors (Lipinski definition) is 2. The van der Waals surface area contributed by atoms with Crippen LogP contribution in [0.25, 0.3) is 0 Å². The van der Waals surface area contributed by atoms with Crippen LogP contribution in [0.15, 0.2) is 16.6 Å². The number of hydrogen-bond donors (Lipinski definition) is 2. The molecule has 1 rings (SSSR count). The molecule has 0 aliphatic heterocycles. The number of aromatic hydroxyl groups is 1. The van der Waals surface area contributed by atoms with Gasteiger partial charge < -0.3 is 10.2 Å². The molecule has 2 nitrogen and oxygen atoms in total. The van der Waals surface area contributed by atoms with Crippen molar-refractivity contribution in [3.63, 3.8) is 0 Å². The van der Waals surface area contributed by atoms with Crippen molar-refractivity contribution in [2.75, 3.05) is 6.61 Å². The second-order valence-corrected chi connectivity index (χ2v) is 4.20. The van der Waals surface area contributed by atoms with Crippen molar-refractivity contribution in [3.8, 4) is 5.75 Å². The minimum Gasteiger partial charge on any atom is -0.507 e. The number of rotatable bonds is 3. The van der Waals surface area contributed by atoms with Crippen LogP contribution in [0.3, 0.4) is 0 Å². The topological polar surface area (TPSA) is 40.5 Å². The maximum atomic E-state index is 12.5. The Labute approximate surface area is 98.8 Å². The molecule has 0 aromatic heterocycles. The Morgan fingerprint density at radius 3 is 2.38 bits per heavy atom. The third-order valence-electron chi connectivity index (χ3n) is 2.06. The van der Waals surface area contributed by atoms with Crippen molar-refractivity contribution in [1.82, 2.24) is 0 Å². The highest BCUT2D eigenvalue weighted by atomic mass is 79.9. The smallest absolute Gasteiger partial charge is 0.420 e. The number of phenolic OH excluding ortho intramolecular Hbond substituents is 1. The van der Waals surface area contributed by atoms with Gasteiger partial charge in [0, 0.05) is 11.1 Å². The van der Waals surface area contributed by atoms with E-state index in [4.69, 9.17) is 5.11 Å². The largest absolute Gasteiger partial charge is 0.507 e. The highest BCUT2D eigenvalue weighted by molar-refractivity contribution is 9.10. The Bertz CT molecular complexity index is 377. The lowest BCUT2D eigenvalue weighted by molar-refractivity contribution is -0.138. The number of aliphatic hydroxyl groups is 1. The molecule has 0 aliphatic rings. The lowest BCUT2D eigenvalue weighted by atomic mass is 10.0. The Morgan fingerprint density at radius 2 is 1.88 bits per heavy atom. The molecule has 90 valence electrons. The number of phenols is 1. The van der Waals surface area contributed by atoms with E-state index in [0.29, 0.717) is 6.42 Å². The van der Waals surface area contributed by atoms with Crippen LogP contribution in [0.1, 0.15) is 17.5 Å². The van der Waals surface area contributed by atoms with E-state index in [-0.39, 0.29) is 23.1 Å². The highest BCUT2D eigenvalue weighted by Crippen LogP contribution is 2.39. The van der Waals surface area contributed by atoms with E-state index in [1.54, 1.807) is 0 Å². The Kier molecular flexibility index (Phi) is 4.21. The van der Waals surface area contributed by atoms with Crippen molar-refractivity contribution in [3.05, 3.63) is 27.7 Å². The van der Waals surface area contributed by atoms with Crippen molar-refractivity contribution in [1.29, 1.82) is 0 Å². The van der Waals surface area contributed by atoms with Gasteiger partial charge in [-0.3, -0.25) is 0 Å². The summed E-state index contributed by atoms with van der Waals surface area (Å²) in [4.78, 5) is 0. The van der Waals surface area contributed by atoms with E-state index in [0.717, 1.165) is 6.07 Å². The van der Waals surface area contributed by atoms with Gasteiger partial charge in [-0.15, -0.1) is 0 Å². The summed E-state index contributed by atoms with van der Waals surface area (Å²) in [6.45, 7) is -0.132. The molecular weight excluding hydrogens is 289 g/mol. The zero-order chi connectivity index (χ0) is 12.3. The number of alkyl halides is 3. The van der Waals surface area contributed by atoms with Gasteiger partial charge >= 0.3 is 6.18 Å². The quantitative estimate of drug-likeness (QED) is 0.900. The first kappa shape index (κ1) is 13.3. The summed E-state index contributed by atoms with van der Waals surface area (Å²) in [5.41, 5.74) is -0.884. The Hall–Kier alpha value is -0.750. The van der Waals surface area contributed by atoms with E-state index in [1.807, 2.05) is 0 Å². The second-order valence-electron chi connectivity index (χ2n) is 3.29. The number of aliphatic hydroxyl groups excluding tert-OH is 1. The Balaban J connectivity index is 3.16. The van der Waals surface area contributed by atoms with Crippen molar-refractivity contribution in [2.24, 2.45) is 0 Å². The first-order valence-corrected chi connectivity index (χ1v) is 5.35. The van der Waals surface area contributed by atoms with Crippen molar-refractivity contribution >= 4 is 15.9 Å². The van der Waals surface area contributed by atoms with Crippen LogP contribution in [0.4, 0.5) is 13.2 Å². The summed E-state index contributed by atoms with van der Waals surface area (Å²) in [6, 6.07) is 2.25. The summed E-state index contributed by atoms with van der Waals surface area (Å²) >= 11 is 2.96. The van der Waals surface area contributed by atoms with Crippen LogP contribution < -0.4 is 0 Å². The van der Waals surface area contributed by atoms with E-state index < -0.39 is 17.5 Å². The maximum absolute atomic E-state index is 12.5. The second kappa shape index (κ2) is 5.05. The maximum Gasteiger partial charge on any atom is 0.420 e. The highest BCUT2D eigenvalue weighted by Gasteiger charge is 2.35. The van der Waals surface area contributed by atoms with Crippen LogP contribution in [-0.4, -0.2) is 16.8 Å². The van der Waals surface area contributed by atoms with Gasteiger partial charge in [0.25, 0.3) is 0 Å². The number of aryl methyl sites for hydroxylation is 1. The molecule has 0 saturated carbocycles. The van der Waals surface area contributed by atoms with Gasteiger partial charge in [-0.2, -0.15) is 13.2 Å². The fourth-order valence-corrected chi connectivity index (χ4v) is 1.84. The van der Waals surface area contributed by atoms with E-state index in [9.17, 15) is 18.3 Å². The van der Waals surface area contributed by atoms with E-state index in [2.05, 4.69) is 15.9 Å². The molecule has 0 saturated heterocycles. The summed E-state index contributed by atoms with van der Waals surface area (Å²) in [5, 5.41) is 18.1. The molecular formula is C10H10BrF3O2. The van der Waals surface area contributed by atoms with Gasteiger partial charge in [-0.25, -0.2) is 0 Å². The summed E-state index contributed by atoms with van der Waals surface area (Å²) in [7, 11) is 0. The molecule has 0 amide bonds. The standard InChI is InChI=1S/C10H10BrF3O2/c11-7-4-6(2-1-3-15)9(16)8(5-7)10(12,13)14/h4-5,15-16H,1-3H2. The average Bonchev–Trinajstić information content (AvgIpc) is 2.17. The molecule has 1 aromatic rings. The molecule has 6 heteroatoms. The van der Waals surface area contributed by atoms with Crippen LogP contribution >= 0.6 is 15.9 Å². The predicted octanol–water partition coefficient (Wildman–Crippen LogP) is 3.10. The molecule has 0 fully saturated rings. The van der Waals surface area contributed by atoms with Gasteiger partial charge in [-0.05, 0) is 30.5 Å². The van der Waals surface area contributed by atoms with Crippen molar-refractivity contribution < 1.29 is 23.4 Å². The van der Waals surface area contributed by atoms with Gasteiger partial charge in [0.2, 0.25) is 0 Å². The third-order valence-corrected chi connectivity index (χ3v) is 2.52. The van der Waals surface area contributed by atoms with Crippen molar-refractivity contribution in [2.45, 2.75) is 19.0 Å². The molecule has 0 aliphatic carbocycles. The lowest BCUT2D eigenvalue weighted by Gasteiger charge is -2.13. The first-order chi connectivity index (χ1) is 7.36. The molecule has 0 atom stereocenters. The van der Waals surface area contributed by atoms with Gasteiger partial charge in [0.15, 0.2) is 0 Å². The molecule has 0 bridgehead atoms. The zero-order valence-electron chi connectivity index (χ0n) is 8.18.